The lowest BCUT2D eigenvalue weighted by Crippen LogP contribution is -2.25. The van der Waals surface area contributed by atoms with Gasteiger partial charge in [-0.15, -0.1) is 0 Å². The fourth-order valence-corrected chi connectivity index (χ4v) is 6.58. The minimum Gasteiger partial charge on any atom is -0.487 e. The summed E-state index contributed by atoms with van der Waals surface area (Å²) in [5, 5.41) is 10.7. The van der Waals surface area contributed by atoms with E-state index in [2.05, 4.69) is 0 Å². The van der Waals surface area contributed by atoms with Gasteiger partial charge in [-0.25, -0.2) is 13.6 Å². The van der Waals surface area contributed by atoms with Crippen molar-refractivity contribution >= 4 is 11.9 Å². The van der Waals surface area contributed by atoms with Crippen LogP contribution in [0.5, 0.6) is 5.75 Å². The monoisotopic (exact) mass is 662 g/mol. The van der Waals surface area contributed by atoms with E-state index in [1.54, 1.807) is 18.2 Å². The highest BCUT2D eigenvalue weighted by molar-refractivity contribution is 5.90. The molecule has 1 heterocycles. The van der Waals surface area contributed by atoms with Crippen molar-refractivity contribution in [2.24, 2.45) is 17.8 Å². The molecule has 1 N–H and O–H groups in total. The average Bonchev–Trinajstić information content (AvgIpc) is 3.29. The smallest absolute Gasteiger partial charge is 0.338 e. The number of aliphatic hydroxyl groups is 1. The zero-order chi connectivity index (χ0) is 33.9. The standard InChI is InChI=1S/C39H44F2O7/c1-2-21-45-38(43)10-6-7-26-11-18-32-33(19-17-31(42)25-47-37-22-30(40)16-20-34(37)41)36(23-35(32)46-24-26)48-39(44)29-14-12-28(13-15-29)27-8-4-3-5-9-27/h3-5,8-9,12-17,19-20,22,26,31-33,35-36,42H,2,6-7,10-11,18,21,23-25H2,1H3/b19-17+/t26-,31+,32+,33+,35-,36+/m0/s1. The van der Waals surface area contributed by atoms with E-state index in [-0.39, 0.29) is 36.3 Å². The fourth-order valence-electron chi connectivity index (χ4n) is 6.58. The summed E-state index contributed by atoms with van der Waals surface area (Å²) in [4.78, 5) is 25.3. The number of carbonyl (C=O) groups excluding carboxylic acids is 2. The van der Waals surface area contributed by atoms with Gasteiger partial charge >= 0.3 is 11.9 Å². The van der Waals surface area contributed by atoms with Crippen molar-refractivity contribution in [2.75, 3.05) is 19.8 Å². The first-order chi connectivity index (χ1) is 23.3. The van der Waals surface area contributed by atoms with Crippen LogP contribution in [0.1, 0.15) is 62.2 Å². The molecule has 9 heteroatoms. The van der Waals surface area contributed by atoms with Crippen LogP contribution < -0.4 is 4.74 Å². The van der Waals surface area contributed by atoms with Gasteiger partial charge in [0.05, 0.1) is 18.3 Å². The third-order valence-electron chi connectivity index (χ3n) is 9.13. The molecule has 1 aliphatic carbocycles. The molecule has 256 valence electrons. The minimum atomic E-state index is -1.11. The normalized spacial score (nSPS) is 22.9. The SMILES string of the molecule is CCCOC(=O)CCC[C@H]1CC[C@@H]2[C@@H](/C=C/[C@@H](O)COc3cc(F)ccc3F)[C@H](OC(=O)c3ccc(-c4ccccc4)cc3)C[C@@H]2OC1. The average molecular weight is 663 g/mol. The predicted octanol–water partition coefficient (Wildman–Crippen LogP) is 7.71. The van der Waals surface area contributed by atoms with Crippen LogP contribution in [0.15, 0.2) is 84.9 Å². The predicted molar refractivity (Wildman–Crippen MR) is 177 cm³/mol. The van der Waals surface area contributed by atoms with Crippen molar-refractivity contribution in [1.29, 1.82) is 0 Å². The van der Waals surface area contributed by atoms with Crippen molar-refractivity contribution in [3.05, 3.63) is 102 Å². The van der Waals surface area contributed by atoms with Gasteiger partial charge in [-0.1, -0.05) is 61.5 Å². The van der Waals surface area contributed by atoms with Gasteiger partial charge in [-0.05, 0) is 79.3 Å². The Balaban J connectivity index is 1.24. The summed E-state index contributed by atoms with van der Waals surface area (Å²) in [5.74, 6) is -2.17. The Hall–Kier alpha value is -4.08. The van der Waals surface area contributed by atoms with E-state index in [0.717, 1.165) is 61.4 Å². The summed E-state index contributed by atoms with van der Waals surface area (Å²) in [6, 6.07) is 20.1. The van der Waals surface area contributed by atoms with Crippen LogP contribution in [0, 0.1) is 29.4 Å². The van der Waals surface area contributed by atoms with E-state index in [9.17, 15) is 23.5 Å². The number of aliphatic hydroxyl groups excluding tert-OH is 1. The molecule has 1 saturated heterocycles. The van der Waals surface area contributed by atoms with Crippen molar-refractivity contribution in [2.45, 2.75) is 70.2 Å². The molecule has 7 nitrogen and oxygen atoms in total. The first-order valence-electron chi connectivity index (χ1n) is 16.9. The number of hydrogen-bond acceptors (Lipinski definition) is 7. The van der Waals surface area contributed by atoms with E-state index in [1.165, 1.54) is 0 Å². The second-order valence-electron chi connectivity index (χ2n) is 12.6. The van der Waals surface area contributed by atoms with Gasteiger partial charge in [0.15, 0.2) is 11.6 Å². The molecular formula is C39H44F2O7. The van der Waals surface area contributed by atoms with Gasteiger partial charge in [0.25, 0.3) is 0 Å². The van der Waals surface area contributed by atoms with Gasteiger partial charge in [-0.2, -0.15) is 0 Å². The molecule has 0 amide bonds. The summed E-state index contributed by atoms with van der Waals surface area (Å²) >= 11 is 0. The van der Waals surface area contributed by atoms with E-state index in [1.807, 2.05) is 55.5 Å². The molecule has 0 aromatic heterocycles. The van der Waals surface area contributed by atoms with Crippen molar-refractivity contribution in [1.82, 2.24) is 0 Å². The Bertz CT molecular complexity index is 1510. The van der Waals surface area contributed by atoms with Gasteiger partial charge in [-0.3, -0.25) is 4.79 Å². The molecule has 2 fully saturated rings. The van der Waals surface area contributed by atoms with Crippen LogP contribution in [0.3, 0.4) is 0 Å². The highest BCUT2D eigenvalue weighted by Gasteiger charge is 2.46. The maximum Gasteiger partial charge on any atom is 0.338 e. The third kappa shape index (κ3) is 9.73. The molecule has 3 aromatic carbocycles. The van der Waals surface area contributed by atoms with Crippen LogP contribution in [0.2, 0.25) is 0 Å². The minimum absolute atomic E-state index is 0.0350. The molecule has 48 heavy (non-hydrogen) atoms. The van der Waals surface area contributed by atoms with E-state index >= 15 is 0 Å². The van der Waals surface area contributed by atoms with Crippen LogP contribution in [0.4, 0.5) is 8.78 Å². The molecule has 0 radical (unpaired) electrons. The van der Waals surface area contributed by atoms with Crippen LogP contribution in [-0.2, 0) is 19.0 Å². The number of esters is 2. The van der Waals surface area contributed by atoms with Gasteiger partial charge < -0.3 is 24.1 Å². The third-order valence-corrected chi connectivity index (χ3v) is 9.13. The molecule has 1 aliphatic heterocycles. The van der Waals surface area contributed by atoms with E-state index in [0.29, 0.717) is 37.5 Å². The molecule has 1 saturated carbocycles. The van der Waals surface area contributed by atoms with E-state index < -0.39 is 29.8 Å². The molecule has 0 bridgehead atoms. The number of halogens is 2. The summed E-state index contributed by atoms with van der Waals surface area (Å²) in [7, 11) is 0. The lowest BCUT2D eigenvalue weighted by molar-refractivity contribution is -0.143. The lowest BCUT2D eigenvalue weighted by atomic mass is 9.86. The number of ether oxygens (including phenoxy) is 4. The van der Waals surface area contributed by atoms with Crippen molar-refractivity contribution in [3.63, 3.8) is 0 Å². The fraction of sp³-hybridized carbons (Fsp3) is 0.436. The molecule has 3 aromatic rings. The maximum atomic E-state index is 14.0. The highest BCUT2D eigenvalue weighted by atomic mass is 19.1. The van der Waals surface area contributed by atoms with Gasteiger partial charge in [0, 0.05) is 31.4 Å². The van der Waals surface area contributed by atoms with E-state index in [4.69, 9.17) is 18.9 Å². The molecule has 0 unspecified atom stereocenters. The number of carbonyl (C=O) groups is 2. The number of hydrogen-bond donors (Lipinski definition) is 1. The Kier molecular flexibility index (Phi) is 12.7. The lowest BCUT2D eigenvalue weighted by Gasteiger charge is -2.23. The summed E-state index contributed by atoms with van der Waals surface area (Å²) in [5.41, 5.74) is 2.48. The molecule has 6 atom stereocenters. The maximum absolute atomic E-state index is 14.0. The number of rotatable bonds is 14. The quantitative estimate of drug-likeness (QED) is 0.140. The van der Waals surface area contributed by atoms with Gasteiger partial charge in [0.2, 0.25) is 0 Å². The van der Waals surface area contributed by atoms with Crippen LogP contribution >= 0.6 is 0 Å². The molecular weight excluding hydrogens is 618 g/mol. The first kappa shape index (κ1) is 35.2. The zero-order valence-electron chi connectivity index (χ0n) is 27.3. The Morgan fingerprint density at radius 1 is 1.02 bits per heavy atom. The van der Waals surface area contributed by atoms with Gasteiger partial charge in [0.1, 0.15) is 24.6 Å². The largest absolute Gasteiger partial charge is 0.487 e. The van der Waals surface area contributed by atoms with Crippen molar-refractivity contribution < 1.29 is 42.4 Å². The number of benzene rings is 3. The summed E-state index contributed by atoms with van der Waals surface area (Å²) in [6.45, 7) is 2.68. The second-order valence-corrected chi connectivity index (χ2v) is 12.6. The first-order valence-corrected chi connectivity index (χ1v) is 16.9. The topological polar surface area (TPSA) is 91.3 Å². The Labute approximate surface area is 280 Å². The Morgan fingerprint density at radius 2 is 1.79 bits per heavy atom. The van der Waals surface area contributed by atoms with Crippen LogP contribution in [-0.4, -0.2) is 55.2 Å². The molecule has 2 aliphatic rings. The molecule has 0 spiro atoms. The van der Waals surface area contributed by atoms with Crippen molar-refractivity contribution in [3.8, 4) is 16.9 Å². The zero-order valence-corrected chi connectivity index (χ0v) is 27.3. The molecule has 5 rings (SSSR count). The number of fused-ring (bicyclic) bond motifs is 1. The summed E-state index contributed by atoms with van der Waals surface area (Å²) < 4.78 is 50.6. The van der Waals surface area contributed by atoms with Crippen LogP contribution in [0.25, 0.3) is 11.1 Å². The Morgan fingerprint density at radius 3 is 2.56 bits per heavy atom. The summed E-state index contributed by atoms with van der Waals surface area (Å²) in [6.07, 6.45) is 6.64. The second kappa shape index (κ2) is 17.4. The highest BCUT2D eigenvalue weighted by Crippen LogP contribution is 2.43.